The van der Waals surface area contributed by atoms with Gasteiger partial charge in [0.05, 0.1) is 17.8 Å². The molecule has 4 aromatic rings. The van der Waals surface area contributed by atoms with Crippen molar-refractivity contribution in [2.45, 2.75) is 19.4 Å². The number of hydrogen-bond donors (Lipinski definition) is 0. The molecule has 4 heterocycles. The Morgan fingerprint density at radius 1 is 1.21 bits per heavy atom. The molecule has 0 saturated heterocycles. The fourth-order valence-corrected chi connectivity index (χ4v) is 4.54. The fraction of sp³-hybridized carbons (Fsp3) is 0.227. The monoisotopic (exact) mass is 449 g/mol. The van der Waals surface area contributed by atoms with Crippen molar-refractivity contribution in [1.82, 2.24) is 24.3 Å². The highest BCUT2D eigenvalue weighted by molar-refractivity contribution is 9.10. The van der Waals surface area contributed by atoms with Gasteiger partial charge in [-0.15, -0.1) is 0 Å². The summed E-state index contributed by atoms with van der Waals surface area (Å²) in [7, 11) is 1.92. The number of carbonyl (C=O) groups excluding carboxylic acids is 1. The third kappa shape index (κ3) is 3.06. The lowest BCUT2D eigenvalue weighted by Crippen LogP contribution is -2.39. The van der Waals surface area contributed by atoms with Crippen LogP contribution in [0.2, 0.25) is 0 Å². The van der Waals surface area contributed by atoms with E-state index < -0.39 is 0 Å². The third-order valence-electron chi connectivity index (χ3n) is 5.62. The van der Waals surface area contributed by atoms with E-state index in [0.29, 0.717) is 12.2 Å². The fourth-order valence-electron chi connectivity index (χ4n) is 4.22. The lowest BCUT2D eigenvalue weighted by Gasteiger charge is -2.36. The Morgan fingerprint density at radius 3 is 2.86 bits per heavy atom. The van der Waals surface area contributed by atoms with Crippen LogP contribution >= 0.6 is 15.9 Å². The topological polar surface area (TPSA) is 55.4 Å². The van der Waals surface area contributed by atoms with E-state index in [4.69, 9.17) is 0 Å². The third-order valence-corrected chi connectivity index (χ3v) is 6.09. The van der Waals surface area contributed by atoms with Crippen LogP contribution in [0.25, 0.3) is 16.6 Å². The molecular weight excluding hydrogens is 430 g/mol. The molecule has 1 atom stereocenters. The van der Waals surface area contributed by atoms with E-state index in [1.54, 1.807) is 9.20 Å². The zero-order chi connectivity index (χ0) is 20.1. The normalized spacial score (nSPS) is 16.2. The Balaban J connectivity index is 1.53. The number of hydrogen-bond acceptors (Lipinski definition) is 3. The molecule has 0 N–H and O–H groups in total. The summed E-state index contributed by atoms with van der Waals surface area (Å²) in [5.41, 5.74) is 6.07. The van der Waals surface area contributed by atoms with Crippen LogP contribution in [-0.4, -0.2) is 36.7 Å². The summed E-state index contributed by atoms with van der Waals surface area (Å²) in [6.45, 7) is 2.78. The molecule has 1 unspecified atom stereocenters. The summed E-state index contributed by atoms with van der Waals surface area (Å²) in [6, 6.07) is 12.1. The van der Waals surface area contributed by atoms with Gasteiger partial charge < -0.3 is 4.90 Å². The number of fused-ring (bicyclic) bond motifs is 2. The molecule has 146 valence electrons. The van der Waals surface area contributed by atoms with E-state index in [1.165, 1.54) is 11.1 Å². The van der Waals surface area contributed by atoms with Crippen LogP contribution < -0.4 is 0 Å². The predicted octanol–water partition coefficient (Wildman–Crippen LogP) is 4.26. The van der Waals surface area contributed by atoms with Gasteiger partial charge in [0.25, 0.3) is 5.91 Å². The van der Waals surface area contributed by atoms with Crippen molar-refractivity contribution in [2.75, 3.05) is 6.54 Å². The van der Waals surface area contributed by atoms with Crippen molar-refractivity contribution >= 4 is 27.4 Å². The van der Waals surface area contributed by atoms with Gasteiger partial charge in [-0.1, -0.05) is 18.2 Å². The number of carbonyl (C=O) groups is 1. The van der Waals surface area contributed by atoms with E-state index in [2.05, 4.69) is 51.3 Å². The second kappa shape index (κ2) is 6.84. The van der Waals surface area contributed by atoms with Crippen LogP contribution in [0.3, 0.4) is 0 Å². The zero-order valence-electron chi connectivity index (χ0n) is 16.2. The first-order valence-corrected chi connectivity index (χ1v) is 10.4. The maximum atomic E-state index is 13.3. The summed E-state index contributed by atoms with van der Waals surface area (Å²) in [6.07, 6.45) is 6.59. The quantitative estimate of drug-likeness (QED) is 0.459. The molecule has 7 heteroatoms. The van der Waals surface area contributed by atoms with Crippen molar-refractivity contribution in [1.29, 1.82) is 0 Å². The highest BCUT2D eigenvalue weighted by atomic mass is 79.9. The molecule has 1 amide bonds. The summed E-state index contributed by atoms with van der Waals surface area (Å²) >= 11 is 3.45. The van der Waals surface area contributed by atoms with Crippen molar-refractivity contribution in [3.05, 3.63) is 76.3 Å². The largest absolute Gasteiger partial charge is 0.330 e. The van der Waals surface area contributed by atoms with Crippen molar-refractivity contribution < 1.29 is 4.79 Å². The number of aryl methyl sites for hydroxylation is 1. The van der Waals surface area contributed by atoms with Gasteiger partial charge in [0, 0.05) is 36.0 Å². The Labute approximate surface area is 176 Å². The number of rotatable bonds is 2. The first-order valence-electron chi connectivity index (χ1n) is 9.58. The number of halogens is 1. The van der Waals surface area contributed by atoms with Crippen molar-refractivity contribution in [2.24, 2.45) is 7.05 Å². The number of pyridine rings is 1. The second-order valence-electron chi connectivity index (χ2n) is 7.45. The zero-order valence-corrected chi connectivity index (χ0v) is 17.8. The lowest BCUT2D eigenvalue weighted by molar-refractivity contribution is 0.0672. The van der Waals surface area contributed by atoms with Gasteiger partial charge in [-0.2, -0.15) is 10.2 Å². The average Bonchev–Trinajstić information content (AvgIpc) is 3.33. The molecule has 0 radical (unpaired) electrons. The molecule has 6 nitrogen and oxygen atoms in total. The first-order chi connectivity index (χ1) is 14.0. The van der Waals surface area contributed by atoms with E-state index >= 15 is 0 Å². The summed E-state index contributed by atoms with van der Waals surface area (Å²) in [4.78, 5) is 15.3. The Bertz CT molecular complexity index is 1240. The maximum Gasteiger partial charge on any atom is 0.274 e. The van der Waals surface area contributed by atoms with Crippen LogP contribution in [0.5, 0.6) is 0 Å². The highest BCUT2D eigenvalue weighted by Crippen LogP contribution is 2.37. The van der Waals surface area contributed by atoms with Crippen LogP contribution in [0.15, 0.2) is 59.5 Å². The number of nitrogens with zero attached hydrogens (tertiary/aromatic N) is 5. The first kappa shape index (κ1) is 18.1. The van der Waals surface area contributed by atoms with Gasteiger partial charge in [0.1, 0.15) is 0 Å². The van der Waals surface area contributed by atoms with E-state index in [1.807, 2.05) is 48.7 Å². The molecule has 3 aromatic heterocycles. The number of amides is 1. The minimum absolute atomic E-state index is 0.0380. The van der Waals surface area contributed by atoms with Crippen LogP contribution in [0.4, 0.5) is 0 Å². The Hall–Kier alpha value is -2.93. The van der Waals surface area contributed by atoms with Gasteiger partial charge in [0.15, 0.2) is 5.69 Å². The van der Waals surface area contributed by atoms with Crippen molar-refractivity contribution in [3.8, 4) is 11.1 Å². The SMILES string of the molecule is CC1c2c(cccc2-c2cnn(C)c2)CCN1C(=O)c1cc2ccc(Br)cn2n1. The minimum Gasteiger partial charge on any atom is -0.330 e. The Kier molecular flexibility index (Phi) is 4.28. The second-order valence-corrected chi connectivity index (χ2v) is 8.37. The number of benzene rings is 1. The summed E-state index contributed by atoms with van der Waals surface area (Å²) in [5.74, 6) is -0.0380. The lowest BCUT2D eigenvalue weighted by atomic mass is 9.87. The van der Waals surface area contributed by atoms with Gasteiger partial charge in [0.2, 0.25) is 0 Å². The predicted molar refractivity (Wildman–Crippen MR) is 115 cm³/mol. The van der Waals surface area contributed by atoms with Crippen LogP contribution in [0.1, 0.15) is 34.6 Å². The van der Waals surface area contributed by atoms with Crippen molar-refractivity contribution in [3.63, 3.8) is 0 Å². The Morgan fingerprint density at radius 2 is 2.07 bits per heavy atom. The van der Waals surface area contributed by atoms with E-state index in [9.17, 15) is 4.79 Å². The van der Waals surface area contributed by atoms with E-state index in [-0.39, 0.29) is 11.9 Å². The molecule has 5 rings (SSSR count). The average molecular weight is 450 g/mol. The van der Waals surface area contributed by atoms with E-state index in [0.717, 1.165) is 27.5 Å². The van der Waals surface area contributed by atoms with Crippen LogP contribution in [0, 0.1) is 0 Å². The molecule has 0 bridgehead atoms. The standard InChI is InChI=1S/C22H20BrN5O/c1-14-21-15(4-3-5-19(21)16-11-24-26(2)12-16)8-9-27(14)22(29)20-10-18-7-6-17(23)13-28(18)25-20/h3-7,10-14H,8-9H2,1-2H3. The molecule has 0 aliphatic carbocycles. The highest BCUT2D eigenvalue weighted by Gasteiger charge is 2.31. The van der Waals surface area contributed by atoms with Gasteiger partial charge in [-0.3, -0.25) is 9.48 Å². The molecular formula is C22H20BrN5O. The summed E-state index contributed by atoms with van der Waals surface area (Å²) < 4.78 is 4.47. The van der Waals surface area contributed by atoms with Gasteiger partial charge in [-0.05, 0) is 64.2 Å². The minimum atomic E-state index is -0.0424. The molecule has 0 spiro atoms. The van der Waals surface area contributed by atoms with Gasteiger partial charge in [-0.25, -0.2) is 4.52 Å². The molecule has 29 heavy (non-hydrogen) atoms. The molecule has 1 aliphatic heterocycles. The van der Waals surface area contributed by atoms with Crippen LogP contribution in [-0.2, 0) is 13.5 Å². The molecule has 0 fully saturated rings. The number of aromatic nitrogens is 4. The van der Waals surface area contributed by atoms with Gasteiger partial charge >= 0.3 is 0 Å². The molecule has 1 aromatic carbocycles. The molecule has 1 aliphatic rings. The maximum absolute atomic E-state index is 13.3. The molecule has 0 saturated carbocycles. The summed E-state index contributed by atoms with van der Waals surface area (Å²) in [5, 5.41) is 8.82. The smallest absolute Gasteiger partial charge is 0.274 e.